The Kier molecular flexibility index (Phi) is 5.67. The normalized spacial score (nSPS) is 10.9. The zero-order chi connectivity index (χ0) is 15.4. The third-order valence-electron chi connectivity index (χ3n) is 3.20. The Hall–Kier alpha value is -1.04. The van der Waals surface area contributed by atoms with Crippen LogP contribution >= 0.6 is 27.5 Å². The van der Waals surface area contributed by atoms with Crippen molar-refractivity contribution in [2.75, 3.05) is 6.54 Å². The topological polar surface area (TPSA) is 39.1 Å². The summed E-state index contributed by atoms with van der Waals surface area (Å²) in [7, 11) is 1.87. The molecule has 6 heteroatoms. The van der Waals surface area contributed by atoms with Gasteiger partial charge in [-0.3, -0.25) is 4.68 Å². The summed E-state index contributed by atoms with van der Waals surface area (Å²) >= 11 is 9.77. The van der Waals surface area contributed by atoms with Gasteiger partial charge < -0.3 is 10.1 Å². The van der Waals surface area contributed by atoms with Crippen LogP contribution in [0, 0.1) is 6.92 Å². The van der Waals surface area contributed by atoms with Gasteiger partial charge in [-0.05, 0) is 47.1 Å². The highest BCUT2D eigenvalue weighted by Gasteiger charge is 2.12. The van der Waals surface area contributed by atoms with Gasteiger partial charge in [0.25, 0.3) is 0 Å². The van der Waals surface area contributed by atoms with Gasteiger partial charge in [-0.1, -0.05) is 24.6 Å². The standard InChI is InChI=1S/C15H19BrClN3O/c1-4-18-8-11-5-6-14(12(16)7-11)21-9-13-15(17)10(2)19-20(13)3/h5-7,18H,4,8-9H2,1-3H3. The summed E-state index contributed by atoms with van der Waals surface area (Å²) in [6.07, 6.45) is 0. The average Bonchev–Trinajstić information content (AvgIpc) is 2.69. The molecular weight excluding hydrogens is 354 g/mol. The van der Waals surface area contributed by atoms with Gasteiger partial charge in [0.15, 0.2) is 0 Å². The van der Waals surface area contributed by atoms with Crippen molar-refractivity contribution < 1.29 is 4.74 Å². The fourth-order valence-corrected chi connectivity index (χ4v) is 2.78. The fraction of sp³-hybridized carbons (Fsp3) is 0.400. The van der Waals surface area contributed by atoms with Crippen molar-refractivity contribution in [1.82, 2.24) is 15.1 Å². The van der Waals surface area contributed by atoms with Crippen LogP contribution in [0.1, 0.15) is 23.9 Å². The van der Waals surface area contributed by atoms with Crippen LogP contribution in [0.15, 0.2) is 22.7 Å². The molecule has 1 heterocycles. The van der Waals surface area contributed by atoms with E-state index in [1.807, 2.05) is 20.0 Å². The molecular formula is C15H19BrClN3O. The van der Waals surface area contributed by atoms with Crippen molar-refractivity contribution in [2.24, 2.45) is 7.05 Å². The highest BCUT2D eigenvalue weighted by atomic mass is 79.9. The summed E-state index contributed by atoms with van der Waals surface area (Å²) in [6, 6.07) is 6.08. The van der Waals surface area contributed by atoms with Gasteiger partial charge >= 0.3 is 0 Å². The third-order valence-corrected chi connectivity index (χ3v) is 4.31. The van der Waals surface area contributed by atoms with Crippen LogP contribution in [0.2, 0.25) is 5.02 Å². The first kappa shape index (κ1) is 16.3. The van der Waals surface area contributed by atoms with Crippen LogP contribution in [0.25, 0.3) is 0 Å². The number of nitrogens with zero attached hydrogens (tertiary/aromatic N) is 2. The lowest BCUT2D eigenvalue weighted by Crippen LogP contribution is -2.11. The van der Waals surface area contributed by atoms with Crippen molar-refractivity contribution in [3.8, 4) is 5.75 Å². The molecule has 4 nitrogen and oxygen atoms in total. The second kappa shape index (κ2) is 7.29. The Labute approximate surface area is 138 Å². The fourth-order valence-electron chi connectivity index (χ4n) is 2.02. The highest BCUT2D eigenvalue weighted by molar-refractivity contribution is 9.10. The van der Waals surface area contributed by atoms with E-state index in [1.165, 1.54) is 5.56 Å². The Balaban J connectivity index is 2.06. The predicted molar refractivity (Wildman–Crippen MR) is 88.8 cm³/mol. The summed E-state index contributed by atoms with van der Waals surface area (Å²) < 4.78 is 8.54. The molecule has 0 saturated heterocycles. The monoisotopic (exact) mass is 371 g/mol. The van der Waals surface area contributed by atoms with Gasteiger partial charge in [-0.15, -0.1) is 0 Å². The molecule has 1 aromatic carbocycles. The number of aromatic nitrogens is 2. The molecule has 0 spiro atoms. The second-order valence-electron chi connectivity index (χ2n) is 4.80. The SMILES string of the molecule is CCNCc1ccc(OCc2c(Cl)c(C)nn2C)c(Br)c1. The molecule has 2 aromatic rings. The molecule has 0 aliphatic heterocycles. The molecule has 114 valence electrons. The van der Waals surface area contributed by atoms with Gasteiger partial charge in [-0.25, -0.2) is 0 Å². The lowest BCUT2D eigenvalue weighted by molar-refractivity contribution is 0.293. The van der Waals surface area contributed by atoms with Crippen LogP contribution in [-0.4, -0.2) is 16.3 Å². The zero-order valence-corrected chi connectivity index (χ0v) is 14.8. The Morgan fingerprint density at radius 1 is 1.43 bits per heavy atom. The lowest BCUT2D eigenvalue weighted by atomic mass is 10.2. The van der Waals surface area contributed by atoms with Gasteiger partial charge in [0, 0.05) is 13.6 Å². The lowest BCUT2D eigenvalue weighted by Gasteiger charge is -2.10. The van der Waals surface area contributed by atoms with Gasteiger partial charge in [0.2, 0.25) is 0 Å². The Bertz CT molecular complexity index is 628. The molecule has 1 aromatic heterocycles. The molecule has 0 aliphatic carbocycles. The Morgan fingerprint density at radius 3 is 2.76 bits per heavy atom. The van der Waals surface area contributed by atoms with E-state index in [1.54, 1.807) is 4.68 Å². The predicted octanol–water partition coefficient (Wildman–Crippen LogP) is 3.83. The van der Waals surface area contributed by atoms with E-state index < -0.39 is 0 Å². The number of ether oxygens (including phenoxy) is 1. The van der Waals surface area contributed by atoms with Crippen LogP contribution < -0.4 is 10.1 Å². The quantitative estimate of drug-likeness (QED) is 0.837. The summed E-state index contributed by atoms with van der Waals surface area (Å²) in [4.78, 5) is 0. The molecule has 0 radical (unpaired) electrons. The number of aryl methyl sites for hydroxylation is 2. The number of nitrogens with one attached hydrogen (secondary N) is 1. The Morgan fingerprint density at radius 2 is 2.19 bits per heavy atom. The van der Waals surface area contributed by atoms with Crippen molar-refractivity contribution in [2.45, 2.75) is 27.0 Å². The van der Waals surface area contributed by atoms with E-state index >= 15 is 0 Å². The second-order valence-corrected chi connectivity index (χ2v) is 6.04. The molecule has 1 N–H and O–H groups in total. The third kappa shape index (κ3) is 3.99. The summed E-state index contributed by atoms with van der Waals surface area (Å²) in [5.74, 6) is 0.796. The first-order valence-electron chi connectivity index (χ1n) is 6.82. The largest absolute Gasteiger partial charge is 0.486 e. The van der Waals surface area contributed by atoms with Crippen molar-refractivity contribution in [3.63, 3.8) is 0 Å². The molecule has 21 heavy (non-hydrogen) atoms. The molecule has 0 amide bonds. The van der Waals surface area contributed by atoms with Gasteiger partial charge in [0.1, 0.15) is 12.4 Å². The molecule has 0 saturated carbocycles. The maximum atomic E-state index is 6.22. The first-order valence-corrected chi connectivity index (χ1v) is 8.00. The number of hydrogen-bond donors (Lipinski definition) is 1. The van der Waals surface area contributed by atoms with Crippen LogP contribution in [-0.2, 0) is 20.2 Å². The molecule has 0 aliphatic rings. The van der Waals surface area contributed by atoms with Gasteiger partial charge in [0.05, 0.1) is 20.9 Å². The van der Waals surface area contributed by atoms with Crippen molar-refractivity contribution in [3.05, 3.63) is 44.6 Å². The van der Waals surface area contributed by atoms with E-state index in [0.29, 0.717) is 11.6 Å². The summed E-state index contributed by atoms with van der Waals surface area (Å²) in [5, 5.41) is 8.24. The summed E-state index contributed by atoms with van der Waals surface area (Å²) in [5.41, 5.74) is 2.90. The number of halogens is 2. The maximum absolute atomic E-state index is 6.22. The van der Waals surface area contributed by atoms with E-state index in [4.69, 9.17) is 16.3 Å². The minimum atomic E-state index is 0.390. The van der Waals surface area contributed by atoms with E-state index in [0.717, 1.165) is 34.7 Å². The van der Waals surface area contributed by atoms with E-state index in [9.17, 15) is 0 Å². The minimum absolute atomic E-state index is 0.390. The minimum Gasteiger partial charge on any atom is -0.486 e. The number of hydrogen-bond acceptors (Lipinski definition) is 3. The zero-order valence-electron chi connectivity index (χ0n) is 12.4. The molecule has 0 fully saturated rings. The van der Waals surface area contributed by atoms with E-state index in [2.05, 4.69) is 45.4 Å². The highest BCUT2D eigenvalue weighted by Crippen LogP contribution is 2.28. The van der Waals surface area contributed by atoms with E-state index in [-0.39, 0.29) is 0 Å². The van der Waals surface area contributed by atoms with Crippen LogP contribution in [0.5, 0.6) is 5.75 Å². The molecule has 0 unspecified atom stereocenters. The van der Waals surface area contributed by atoms with Crippen molar-refractivity contribution in [1.29, 1.82) is 0 Å². The summed E-state index contributed by atoms with van der Waals surface area (Å²) in [6.45, 7) is 6.17. The van der Waals surface area contributed by atoms with Crippen LogP contribution in [0.4, 0.5) is 0 Å². The van der Waals surface area contributed by atoms with Crippen molar-refractivity contribution >= 4 is 27.5 Å². The van der Waals surface area contributed by atoms with Crippen LogP contribution in [0.3, 0.4) is 0 Å². The number of rotatable bonds is 6. The molecule has 2 rings (SSSR count). The number of benzene rings is 1. The smallest absolute Gasteiger partial charge is 0.134 e. The molecule has 0 atom stereocenters. The first-order chi connectivity index (χ1) is 10.0. The average molecular weight is 373 g/mol. The maximum Gasteiger partial charge on any atom is 0.134 e. The van der Waals surface area contributed by atoms with Gasteiger partial charge in [-0.2, -0.15) is 5.10 Å². The molecule has 0 bridgehead atoms.